The maximum absolute atomic E-state index is 10.5. The summed E-state index contributed by atoms with van der Waals surface area (Å²) in [6.45, 7) is 3.97. The molecule has 3 rings (SSSR count). The zero-order chi connectivity index (χ0) is 19.8. The van der Waals surface area contributed by atoms with Gasteiger partial charge in [0.25, 0.3) is 0 Å². The number of ether oxygens (including phenoxy) is 1. The zero-order valence-corrected chi connectivity index (χ0v) is 20.1. The molecule has 0 heterocycles. The van der Waals surface area contributed by atoms with Crippen molar-refractivity contribution in [1.82, 2.24) is 10.6 Å². The van der Waals surface area contributed by atoms with Gasteiger partial charge in [0.2, 0.25) is 0 Å². The molecule has 0 bridgehead atoms. The summed E-state index contributed by atoms with van der Waals surface area (Å²) >= 11 is 1.92. The molecule has 2 aromatic carbocycles. The summed E-state index contributed by atoms with van der Waals surface area (Å²) < 4.78 is 5.43. The number of nitrogens with zero attached hydrogens (tertiary/aromatic N) is 1. The number of aliphatic imine (C=N–C) groups is 1. The number of nitrogens with one attached hydrogen (secondary N) is 2. The van der Waals surface area contributed by atoms with Crippen LogP contribution in [0.2, 0.25) is 0 Å². The first-order valence-electron chi connectivity index (χ1n) is 9.72. The van der Waals surface area contributed by atoms with Gasteiger partial charge in [-0.2, -0.15) is 0 Å². The molecule has 29 heavy (non-hydrogen) atoms. The molecule has 0 spiro atoms. The van der Waals surface area contributed by atoms with Crippen molar-refractivity contribution in [3.63, 3.8) is 0 Å². The summed E-state index contributed by atoms with van der Waals surface area (Å²) in [6, 6.07) is 18.0. The largest absolute Gasteiger partial charge is 0.497 e. The van der Waals surface area contributed by atoms with E-state index < -0.39 is 6.10 Å². The molecule has 2 aromatic rings. The molecule has 1 saturated carbocycles. The lowest BCUT2D eigenvalue weighted by atomic mass is 10.1. The Morgan fingerprint density at radius 3 is 2.59 bits per heavy atom. The van der Waals surface area contributed by atoms with E-state index in [0.29, 0.717) is 6.54 Å². The van der Waals surface area contributed by atoms with E-state index in [4.69, 9.17) is 9.73 Å². The second-order valence-electron chi connectivity index (χ2n) is 6.97. The van der Waals surface area contributed by atoms with Crippen LogP contribution in [0.4, 0.5) is 0 Å². The summed E-state index contributed by atoms with van der Waals surface area (Å²) in [5, 5.41) is 17.0. The third-order valence-electron chi connectivity index (χ3n) is 4.70. The summed E-state index contributed by atoms with van der Waals surface area (Å²) in [6.07, 6.45) is 1.73. The molecular formula is C22H30IN3O2S. The number of guanidine groups is 1. The van der Waals surface area contributed by atoms with Crippen molar-refractivity contribution in [3.05, 3.63) is 60.2 Å². The zero-order valence-electron chi connectivity index (χ0n) is 16.9. The standard InChI is InChI=1S/C22H29N3O2S.HI/c1-3-23-21(24-15-20(26)17-8-7-9-18(14-17)27-2)25-16-22(12-13-22)28-19-10-5-4-6-11-19;/h4-11,14,20,26H,3,12-13,15-16H2,1-2H3,(H2,23,24,25);1H. The summed E-state index contributed by atoms with van der Waals surface area (Å²) in [5.41, 5.74) is 0.820. The lowest BCUT2D eigenvalue weighted by molar-refractivity contribution is 0.180. The monoisotopic (exact) mass is 527 g/mol. The maximum Gasteiger partial charge on any atom is 0.191 e. The van der Waals surface area contributed by atoms with Gasteiger partial charge in [0.15, 0.2) is 5.96 Å². The molecule has 3 N–H and O–H groups in total. The van der Waals surface area contributed by atoms with Gasteiger partial charge in [-0.25, -0.2) is 0 Å². The van der Waals surface area contributed by atoms with Crippen molar-refractivity contribution in [2.24, 2.45) is 4.99 Å². The highest BCUT2D eigenvalue weighted by Crippen LogP contribution is 2.51. The predicted octanol–water partition coefficient (Wildman–Crippen LogP) is 4.23. The SMILES string of the molecule is CCNC(=NCC1(Sc2ccccc2)CC1)NCC(O)c1cccc(OC)c1.I. The Morgan fingerprint density at radius 1 is 1.17 bits per heavy atom. The first kappa shape index (κ1) is 23.8. The fourth-order valence-corrected chi connectivity index (χ4v) is 4.12. The Labute approximate surface area is 194 Å². The van der Waals surface area contributed by atoms with Crippen LogP contribution in [-0.2, 0) is 0 Å². The fourth-order valence-electron chi connectivity index (χ4n) is 2.90. The lowest BCUT2D eigenvalue weighted by Gasteiger charge is -2.17. The second-order valence-corrected chi connectivity index (χ2v) is 8.51. The van der Waals surface area contributed by atoms with E-state index in [9.17, 15) is 5.11 Å². The first-order valence-corrected chi connectivity index (χ1v) is 10.5. The van der Waals surface area contributed by atoms with Crippen LogP contribution in [0.5, 0.6) is 5.75 Å². The summed E-state index contributed by atoms with van der Waals surface area (Å²) in [7, 11) is 1.63. The van der Waals surface area contributed by atoms with Gasteiger partial charge in [0, 0.05) is 22.7 Å². The van der Waals surface area contributed by atoms with Crippen LogP contribution in [0.1, 0.15) is 31.4 Å². The van der Waals surface area contributed by atoms with Crippen molar-refractivity contribution >= 4 is 41.7 Å². The Hall–Kier alpha value is -1.45. The highest BCUT2D eigenvalue weighted by molar-refractivity contribution is 14.0. The number of aliphatic hydroxyl groups excluding tert-OH is 1. The molecule has 0 aromatic heterocycles. The van der Waals surface area contributed by atoms with Crippen LogP contribution in [0.3, 0.4) is 0 Å². The van der Waals surface area contributed by atoms with Gasteiger partial charge >= 0.3 is 0 Å². The van der Waals surface area contributed by atoms with Crippen LogP contribution in [0, 0.1) is 0 Å². The number of aliphatic hydroxyl groups is 1. The molecule has 0 saturated heterocycles. The number of rotatable bonds is 9. The van der Waals surface area contributed by atoms with E-state index in [1.807, 2.05) is 49.0 Å². The van der Waals surface area contributed by atoms with Crippen LogP contribution < -0.4 is 15.4 Å². The van der Waals surface area contributed by atoms with E-state index in [1.54, 1.807) is 7.11 Å². The Bertz CT molecular complexity index is 785. The van der Waals surface area contributed by atoms with E-state index in [2.05, 4.69) is 34.9 Å². The van der Waals surface area contributed by atoms with Crippen molar-refractivity contribution in [1.29, 1.82) is 0 Å². The fraction of sp³-hybridized carbons (Fsp3) is 0.409. The topological polar surface area (TPSA) is 65.9 Å². The molecule has 5 nitrogen and oxygen atoms in total. The maximum atomic E-state index is 10.5. The molecule has 158 valence electrons. The van der Waals surface area contributed by atoms with Crippen LogP contribution in [0.15, 0.2) is 64.5 Å². The quantitative estimate of drug-likeness (QED) is 0.259. The van der Waals surface area contributed by atoms with Gasteiger partial charge in [0.1, 0.15) is 5.75 Å². The Morgan fingerprint density at radius 2 is 1.93 bits per heavy atom. The molecule has 0 radical (unpaired) electrons. The summed E-state index contributed by atoms with van der Waals surface area (Å²) in [5.74, 6) is 1.48. The first-order chi connectivity index (χ1) is 13.6. The van der Waals surface area contributed by atoms with Gasteiger partial charge in [-0.15, -0.1) is 35.7 Å². The number of hydrogen-bond acceptors (Lipinski definition) is 4. The van der Waals surface area contributed by atoms with Gasteiger partial charge in [0.05, 0.1) is 19.8 Å². The van der Waals surface area contributed by atoms with E-state index in [1.165, 1.54) is 17.7 Å². The number of benzene rings is 2. The van der Waals surface area contributed by atoms with Crippen LogP contribution in [-0.4, -0.2) is 42.6 Å². The highest BCUT2D eigenvalue weighted by Gasteiger charge is 2.43. The normalized spacial score (nSPS) is 15.8. The predicted molar refractivity (Wildman–Crippen MR) is 132 cm³/mol. The van der Waals surface area contributed by atoms with E-state index >= 15 is 0 Å². The average molecular weight is 527 g/mol. The van der Waals surface area contributed by atoms with Crippen LogP contribution in [0.25, 0.3) is 0 Å². The molecule has 1 atom stereocenters. The van der Waals surface area contributed by atoms with Crippen molar-refractivity contribution < 1.29 is 9.84 Å². The third-order valence-corrected chi connectivity index (χ3v) is 6.17. The molecular weight excluding hydrogens is 497 g/mol. The lowest BCUT2D eigenvalue weighted by Crippen LogP contribution is -2.40. The van der Waals surface area contributed by atoms with Crippen molar-refractivity contribution in [2.45, 2.75) is 35.5 Å². The molecule has 1 fully saturated rings. The second kappa shape index (κ2) is 11.7. The molecule has 1 aliphatic rings. The molecule has 0 aliphatic heterocycles. The van der Waals surface area contributed by atoms with E-state index in [0.717, 1.165) is 30.4 Å². The molecule has 7 heteroatoms. The highest BCUT2D eigenvalue weighted by atomic mass is 127. The average Bonchev–Trinajstić information content (AvgIpc) is 3.50. The molecule has 0 amide bonds. The number of hydrogen-bond donors (Lipinski definition) is 3. The van der Waals surface area contributed by atoms with E-state index in [-0.39, 0.29) is 28.7 Å². The summed E-state index contributed by atoms with van der Waals surface area (Å²) in [4.78, 5) is 6.07. The van der Waals surface area contributed by atoms with Crippen molar-refractivity contribution in [2.75, 3.05) is 26.7 Å². The number of thioether (sulfide) groups is 1. The van der Waals surface area contributed by atoms with Gasteiger partial charge in [-0.1, -0.05) is 30.3 Å². The number of methoxy groups -OCH3 is 1. The van der Waals surface area contributed by atoms with Crippen molar-refractivity contribution in [3.8, 4) is 5.75 Å². The van der Waals surface area contributed by atoms with Gasteiger partial charge in [-0.05, 0) is 49.6 Å². The number of halogens is 1. The third kappa shape index (κ3) is 7.38. The Kier molecular flexibility index (Phi) is 9.58. The van der Waals surface area contributed by atoms with Gasteiger partial charge < -0.3 is 20.5 Å². The minimum absolute atomic E-state index is 0. The molecule has 1 unspecified atom stereocenters. The molecule has 1 aliphatic carbocycles. The minimum atomic E-state index is -0.632. The Balaban J connectivity index is 0.00000300. The smallest absolute Gasteiger partial charge is 0.191 e. The van der Waals surface area contributed by atoms with Gasteiger partial charge in [-0.3, -0.25) is 4.99 Å². The van der Waals surface area contributed by atoms with Crippen LogP contribution >= 0.6 is 35.7 Å². The minimum Gasteiger partial charge on any atom is -0.497 e.